The average Bonchev–Trinajstić information content (AvgIpc) is 2.92. The molecule has 1 fully saturated rings. The second kappa shape index (κ2) is 11.1. The first-order chi connectivity index (χ1) is 17.4. The fraction of sp³-hybridized carbons (Fsp3) is 0.286. The Bertz CT molecular complexity index is 1210. The van der Waals surface area contributed by atoms with E-state index in [1.54, 1.807) is 62.6 Å². The van der Waals surface area contributed by atoms with Crippen molar-refractivity contribution < 1.29 is 28.2 Å². The van der Waals surface area contributed by atoms with Gasteiger partial charge in [-0.05, 0) is 66.1 Å². The Morgan fingerprint density at radius 1 is 0.944 bits per heavy atom. The zero-order valence-corrected chi connectivity index (χ0v) is 20.5. The summed E-state index contributed by atoms with van der Waals surface area (Å²) in [7, 11) is 4.67. The van der Waals surface area contributed by atoms with Gasteiger partial charge in [-0.25, -0.2) is 4.39 Å². The maximum absolute atomic E-state index is 13.5. The van der Waals surface area contributed by atoms with Crippen molar-refractivity contribution in [2.45, 2.75) is 25.4 Å². The fourth-order valence-electron chi connectivity index (χ4n) is 4.55. The fourth-order valence-corrected chi connectivity index (χ4v) is 4.55. The highest BCUT2D eigenvalue weighted by Crippen LogP contribution is 2.42. The lowest BCUT2D eigenvalue weighted by Gasteiger charge is -2.41. The molecular formula is C28H29FN2O5. The number of rotatable bonds is 8. The second-order valence-electron chi connectivity index (χ2n) is 8.51. The van der Waals surface area contributed by atoms with E-state index < -0.39 is 12.0 Å². The summed E-state index contributed by atoms with van der Waals surface area (Å²) in [6, 6.07) is 18.0. The minimum absolute atomic E-state index is 0.0810. The number of nitrogens with zero attached hydrogens (tertiary/aromatic N) is 1. The van der Waals surface area contributed by atoms with Crippen LogP contribution in [0.3, 0.4) is 0 Å². The maximum atomic E-state index is 13.5. The second-order valence-corrected chi connectivity index (χ2v) is 8.51. The number of carbonyl (C=O) groups is 2. The van der Waals surface area contributed by atoms with Crippen LogP contribution in [0.2, 0.25) is 0 Å². The molecule has 0 saturated carbocycles. The molecule has 188 valence electrons. The molecule has 2 amide bonds. The summed E-state index contributed by atoms with van der Waals surface area (Å²) in [5.41, 5.74) is 2.20. The third-order valence-electron chi connectivity index (χ3n) is 6.41. The van der Waals surface area contributed by atoms with E-state index >= 15 is 0 Å². The van der Waals surface area contributed by atoms with Crippen LogP contribution in [0.15, 0.2) is 66.7 Å². The molecule has 1 saturated heterocycles. The van der Waals surface area contributed by atoms with Crippen LogP contribution in [-0.2, 0) is 16.1 Å². The number of carbonyl (C=O) groups excluding carboxylic acids is 2. The van der Waals surface area contributed by atoms with Crippen molar-refractivity contribution in [2.75, 3.05) is 26.2 Å². The molecule has 4 rings (SSSR count). The van der Waals surface area contributed by atoms with E-state index in [0.717, 1.165) is 11.1 Å². The van der Waals surface area contributed by atoms with Crippen molar-refractivity contribution in [3.05, 3.63) is 83.7 Å². The van der Waals surface area contributed by atoms with Crippen molar-refractivity contribution in [2.24, 2.45) is 5.92 Å². The Hall–Kier alpha value is -4.07. The monoisotopic (exact) mass is 492 g/mol. The molecule has 0 radical (unpaired) electrons. The van der Waals surface area contributed by atoms with Crippen LogP contribution in [0, 0.1) is 11.7 Å². The predicted molar refractivity (Wildman–Crippen MR) is 134 cm³/mol. The van der Waals surface area contributed by atoms with Crippen LogP contribution < -0.4 is 24.4 Å². The third-order valence-corrected chi connectivity index (χ3v) is 6.41. The number of benzene rings is 3. The van der Waals surface area contributed by atoms with Gasteiger partial charge >= 0.3 is 0 Å². The van der Waals surface area contributed by atoms with Crippen molar-refractivity contribution in [3.63, 3.8) is 0 Å². The van der Waals surface area contributed by atoms with Gasteiger partial charge in [0.15, 0.2) is 11.5 Å². The van der Waals surface area contributed by atoms with E-state index in [1.807, 2.05) is 18.2 Å². The Balaban J connectivity index is 1.71. The standard InChI is InChI=1S/C28H29FN2O5/c1-34-22-11-9-21(10-12-22)31-26(32)15-13-23(28(33)30-17-18-4-7-20(29)8-5-18)27(31)19-6-14-24(35-2)25(16-19)36-3/h4-12,14,16,23,27H,13,15,17H2,1-3H3,(H,30,33). The zero-order valence-electron chi connectivity index (χ0n) is 20.5. The SMILES string of the molecule is COc1ccc(N2C(=O)CCC(C(=O)NCc3ccc(F)cc3)C2c2ccc(OC)c(OC)c2)cc1. The molecule has 0 aromatic heterocycles. The van der Waals surface area contributed by atoms with Crippen molar-refractivity contribution in [1.82, 2.24) is 5.32 Å². The Kier molecular flexibility index (Phi) is 7.73. The van der Waals surface area contributed by atoms with Crippen LogP contribution in [0.5, 0.6) is 17.2 Å². The van der Waals surface area contributed by atoms with Crippen molar-refractivity contribution in [1.29, 1.82) is 0 Å². The van der Waals surface area contributed by atoms with Gasteiger partial charge in [0.2, 0.25) is 11.8 Å². The molecule has 8 heteroatoms. The molecule has 0 spiro atoms. The van der Waals surface area contributed by atoms with Gasteiger partial charge in [0.1, 0.15) is 11.6 Å². The summed E-state index contributed by atoms with van der Waals surface area (Å²) in [6.07, 6.45) is 0.615. The number of hydrogen-bond donors (Lipinski definition) is 1. The molecule has 1 aliphatic rings. The smallest absolute Gasteiger partial charge is 0.227 e. The number of anilines is 1. The minimum Gasteiger partial charge on any atom is -0.497 e. The molecule has 2 unspecified atom stereocenters. The van der Waals surface area contributed by atoms with Gasteiger partial charge in [-0.1, -0.05) is 18.2 Å². The lowest BCUT2D eigenvalue weighted by Crippen LogP contribution is -2.48. The summed E-state index contributed by atoms with van der Waals surface area (Å²) in [6.45, 7) is 0.255. The Morgan fingerprint density at radius 2 is 1.64 bits per heavy atom. The largest absolute Gasteiger partial charge is 0.497 e. The highest BCUT2D eigenvalue weighted by atomic mass is 19.1. The summed E-state index contributed by atoms with van der Waals surface area (Å²) < 4.78 is 29.4. The van der Waals surface area contributed by atoms with Crippen molar-refractivity contribution in [3.8, 4) is 17.2 Å². The van der Waals surface area contributed by atoms with E-state index in [0.29, 0.717) is 29.4 Å². The molecule has 0 aliphatic carbocycles. The lowest BCUT2D eigenvalue weighted by atomic mass is 9.83. The molecule has 2 atom stereocenters. The van der Waals surface area contributed by atoms with E-state index in [9.17, 15) is 14.0 Å². The van der Waals surface area contributed by atoms with Gasteiger partial charge in [0.05, 0.1) is 33.3 Å². The van der Waals surface area contributed by atoms with E-state index in [-0.39, 0.29) is 30.6 Å². The summed E-state index contributed by atoms with van der Waals surface area (Å²) in [5.74, 6) is 0.597. The maximum Gasteiger partial charge on any atom is 0.227 e. The van der Waals surface area contributed by atoms with Gasteiger partial charge in [0, 0.05) is 18.7 Å². The van der Waals surface area contributed by atoms with Gasteiger partial charge in [0.25, 0.3) is 0 Å². The van der Waals surface area contributed by atoms with Crippen LogP contribution in [-0.4, -0.2) is 33.1 Å². The molecular weight excluding hydrogens is 463 g/mol. The highest BCUT2D eigenvalue weighted by molar-refractivity contribution is 5.97. The normalized spacial score (nSPS) is 17.4. The molecule has 1 N–H and O–H groups in total. The van der Waals surface area contributed by atoms with Gasteiger partial charge in [-0.3, -0.25) is 9.59 Å². The minimum atomic E-state index is -0.576. The first-order valence-corrected chi connectivity index (χ1v) is 11.7. The lowest BCUT2D eigenvalue weighted by molar-refractivity contribution is -0.129. The van der Waals surface area contributed by atoms with Gasteiger partial charge < -0.3 is 24.4 Å². The molecule has 7 nitrogen and oxygen atoms in total. The Morgan fingerprint density at radius 3 is 2.28 bits per heavy atom. The molecule has 3 aromatic rings. The van der Waals surface area contributed by atoms with E-state index in [2.05, 4.69) is 5.32 Å². The molecule has 1 heterocycles. The van der Waals surface area contributed by atoms with Gasteiger partial charge in [-0.15, -0.1) is 0 Å². The number of amides is 2. The third kappa shape index (κ3) is 5.27. The van der Waals surface area contributed by atoms with Crippen LogP contribution in [0.4, 0.5) is 10.1 Å². The van der Waals surface area contributed by atoms with Crippen molar-refractivity contribution >= 4 is 17.5 Å². The van der Waals surface area contributed by atoms with E-state index in [1.165, 1.54) is 12.1 Å². The number of methoxy groups -OCH3 is 3. The van der Waals surface area contributed by atoms with Crippen LogP contribution >= 0.6 is 0 Å². The zero-order chi connectivity index (χ0) is 25.7. The molecule has 3 aromatic carbocycles. The Labute approximate surface area is 209 Å². The molecule has 36 heavy (non-hydrogen) atoms. The number of nitrogens with one attached hydrogen (secondary N) is 1. The number of ether oxygens (including phenoxy) is 3. The molecule has 0 bridgehead atoms. The number of halogens is 1. The highest BCUT2D eigenvalue weighted by Gasteiger charge is 2.41. The van der Waals surface area contributed by atoms with Gasteiger partial charge in [-0.2, -0.15) is 0 Å². The summed E-state index contributed by atoms with van der Waals surface area (Å²) in [4.78, 5) is 28.4. The average molecular weight is 493 g/mol. The van der Waals surface area contributed by atoms with E-state index in [4.69, 9.17) is 14.2 Å². The quantitative estimate of drug-likeness (QED) is 0.495. The summed E-state index contributed by atoms with van der Waals surface area (Å²) >= 11 is 0. The van der Waals surface area contributed by atoms with Crippen LogP contribution in [0.1, 0.15) is 30.0 Å². The van der Waals surface area contributed by atoms with Crippen LogP contribution in [0.25, 0.3) is 0 Å². The molecule has 1 aliphatic heterocycles. The predicted octanol–water partition coefficient (Wildman–Crippen LogP) is 4.65. The number of piperidine rings is 1. The topological polar surface area (TPSA) is 77.1 Å². The first-order valence-electron chi connectivity index (χ1n) is 11.7. The number of hydrogen-bond acceptors (Lipinski definition) is 5. The first kappa shape index (κ1) is 25.0. The summed E-state index contributed by atoms with van der Waals surface area (Å²) in [5, 5.41) is 2.97.